The normalized spacial score (nSPS) is 11.8. The van der Waals surface area contributed by atoms with E-state index in [4.69, 9.17) is 10.8 Å². The van der Waals surface area contributed by atoms with Gasteiger partial charge in [0, 0.05) is 18.3 Å². The number of nitrogens with one attached hydrogen (secondary N) is 1. The monoisotopic (exact) mass is 189 g/mol. The molecule has 0 aliphatic heterocycles. The lowest BCUT2D eigenvalue weighted by Crippen LogP contribution is -2.32. The average molecular weight is 189 g/mol. The number of aromatic nitrogens is 2. The highest BCUT2D eigenvalue weighted by Gasteiger charge is 2.11. The molecule has 4 N–H and O–H groups in total. The number of carboxylic acid groups (broad SMARTS) is 1. The van der Waals surface area contributed by atoms with E-state index < -0.39 is 12.0 Å². The van der Waals surface area contributed by atoms with Crippen molar-refractivity contribution in [3.63, 3.8) is 0 Å². The lowest BCUT2D eigenvalue weighted by atomic mass is 10.2. The number of carboxylic acids is 1. The predicted molar refractivity (Wildman–Crippen MR) is 49.0 cm³/mol. The van der Waals surface area contributed by atoms with Crippen molar-refractivity contribution in [2.45, 2.75) is 12.5 Å². The van der Waals surface area contributed by atoms with Gasteiger partial charge in [0.2, 0.25) is 0 Å². The summed E-state index contributed by atoms with van der Waals surface area (Å²) in [4.78, 5) is 16.8. The van der Waals surface area contributed by atoms with Crippen molar-refractivity contribution in [3.05, 3.63) is 18.2 Å². The number of aromatic amines is 1. The lowest BCUT2D eigenvalue weighted by molar-refractivity contribution is -0.138. The molecule has 0 bridgehead atoms. The molecule has 0 spiro atoms. The second kappa shape index (κ2) is 4.85. The van der Waals surface area contributed by atoms with Crippen LogP contribution < -0.4 is 5.73 Å². The van der Waals surface area contributed by atoms with Crippen LogP contribution in [0, 0.1) is 0 Å². The molecular formula is C6H12N3O2P. The van der Waals surface area contributed by atoms with E-state index in [9.17, 15) is 4.79 Å². The molecule has 0 radical (unpaired) electrons. The van der Waals surface area contributed by atoms with Gasteiger partial charge in [-0.1, -0.05) is 0 Å². The molecule has 0 aromatic carbocycles. The first-order valence-electron chi connectivity index (χ1n) is 3.16. The molecule has 12 heavy (non-hydrogen) atoms. The van der Waals surface area contributed by atoms with Gasteiger partial charge in [0.1, 0.15) is 6.04 Å². The first-order valence-corrected chi connectivity index (χ1v) is 3.16. The van der Waals surface area contributed by atoms with E-state index in [2.05, 4.69) is 9.97 Å². The number of imidazole rings is 1. The number of nitrogens with zero attached hydrogens (tertiary/aromatic N) is 1. The quantitative estimate of drug-likeness (QED) is 0.555. The average Bonchev–Trinajstić information content (AvgIpc) is 2.39. The Bertz CT molecular complexity index is 237. The largest absolute Gasteiger partial charge is 0.480 e. The van der Waals surface area contributed by atoms with Gasteiger partial charge in [0.15, 0.2) is 0 Å². The van der Waals surface area contributed by atoms with Crippen LogP contribution in [0.1, 0.15) is 5.69 Å². The first-order chi connectivity index (χ1) is 5.20. The SMILES string of the molecule is N[C@@H](Cc1cnc[nH]1)C(=O)O.P. The van der Waals surface area contributed by atoms with Gasteiger partial charge in [-0.3, -0.25) is 4.79 Å². The zero-order chi connectivity index (χ0) is 8.27. The fourth-order valence-corrected chi connectivity index (χ4v) is 0.721. The molecule has 1 aromatic heterocycles. The topological polar surface area (TPSA) is 92.0 Å². The minimum atomic E-state index is -1.00. The zero-order valence-corrected chi connectivity index (χ0v) is 7.94. The Balaban J connectivity index is 0.00000121. The van der Waals surface area contributed by atoms with Crippen molar-refractivity contribution in [3.8, 4) is 0 Å². The highest BCUT2D eigenvalue weighted by molar-refractivity contribution is 6.92. The number of carbonyl (C=O) groups is 1. The van der Waals surface area contributed by atoms with E-state index >= 15 is 0 Å². The maximum Gasteiger partial charge on any atom is 0.320 e. The lowest BCUT2D eigenvalue weighted by Gasteiger charge is -2.02. The van der Waals surface area contributed by atoms with Crippen LogP contribution in [0.3, 0.4) is 0 Å². The van der Waals surface area contributed by atoms with E-state index in [0.717, 1.165) is 5.69 Å². The highest BCUT2D eigenvalue weighted by Crippen LogP contribution is 1.95. The van der Waals surface area contributed by atoms with Gasteiger partial charge in [-0.2, -0.15) is 9.90 Å². The summed E-state index contributed by atoms with van der Waals surface area (Å²) in [6.07, 6.45) is 3.34. The summed E-state index contributed by atoms with van der Waals surface area (Å²) >= 11 is 0. The van der Waals surface area contributed by atoms with Gasteiger partial charge >= 0.3 is 5.97 Å². The number of nitrogens with two attached hydrogens (primary N) is 1. The Labute approximate surface area is 73.0 Å². The number of H-pyrrole nitrogens is 1. The van der Waals surface area contributed by atoms with Crippen LogP contribution in [-0.4, -0.2) is 27.1 Å². The van der Waals surface area contributed by atoms with Crippen LogP contribution in [0.15, 0.2) is 12.5 Å². The summed E-state index contributed by atoms with van der Waals surface area (Å²) in [5, 5.41) is 8.42. The summed E-state index contributed by atoms with van der Waals surface area (Å²) in [5.74, 6) is -1.00. The molecule has 0 fully saturated rings. The van der Waals surface area contributed by atoms with Gasteiger partial charge in [-0.05, 0) is 0 Å². The van der Waals surface area contributed by atoms with Gasteiger partial charge in [0.25, 0.3) is 0 Å². The van der Waals surface area contributed by atoms with Crippen molar-refractivity contribution in [2.24, 2.45) is 5.73 Å². The van der Waals surface area contributed by atoms with Crippen LogP contribution >= 0.6 is 9.90 Å². The van der Waals surface area contributed by atoms with Gasteiger partial charge < -0.3 is 15.8 Å². The van der Waals surface area contributed by atoms with Crippen LogP contribution in [0.5, 0.6) is 0 Å². The third kappa shape index (κ3) is 2.98. The minimum absolute atomic E-state index is 0. The molecule has 68 valence electrons. The molecule has 1 rings (SSSR count). The minimum Gasteiger partial charge on any atom is -0.480 e. The molecule has 1 heterocycles. The van der Waals surface area contributed by atoms with Crippen molar-refractivity contribution in [1.29, 1.82) is 0 Å². The summed E-state index contributed by atoms with van der Waals surface area (Å²) in [7, 11) is 0. The number of hydrogen-bond acceptors (Lipinski definition) is 3. The molecule has 5 nitrogen and oxygen atoms in total. The second-order valence-corrected chi connectivity index (χ2v) is 2.23. The van der Waals surface area contributed by atoms with Crippen LogP contribution in [0.2, 0.25) is 0 Å². The van der Waals surface area contributed by atoms with E-state index in [1.807, 2.05) is 0 Å². The molecule has 1 unspecified atom stereocenters. The fraction of sp³-hybridized carbons (Fsp3) is 0.333. The Morgan fingerprint density at radius 1 is 1.83 bits per heavy atom. The van der Waals surface area contributed by atoms with E-state index in [0.29, 0.717) is 0 Å². The number of rotatable bonds is 3. The number of aliphatic carboxylic acids is 1. The van der Waals surface area contributed by atoms with Crippen molar-refractivity contribution >= 4 is 15.9 Å². The molecule has 2 atom stereocenters. The summed E-state index contributed by atoms with van der Waals surface area (Å²) in [6, 6.07) is -0.851. The zero-order valence-electron chi connectivity index (χ0n) is 6.53. The predicted octanol–water partition coefficient (Wildman–Crippen LogP) is -0.578. The third-order valence-corrected chi connectivity index (χ3v) is 1.31. The van der Waals surface area contributed by atoms with Crippen LogP contribution in [-0.2, 0) is 11.2 Å². The Kier molecular flexibility index (Phi) is 4.47. The number of hydrogen-bond donors (Lipinski definition) is 3. The first kappa shape index (κ1) is 11.1. The van der Waals surface area contributed by atoms with Crippen molar-refractivity contribution in [2.75, 3.05) is 0 Å². The molecule has 0 saturated heterocycles. The molecule has 0 aliphatic rings. The fourth-order valence-electron chi connectivity index (χ4n) is 0.721. The smallest absolute Gasteiger partial charge is 0.320 e. The molecule has 6 heteroatoms. The van der Waals surface area contributed by atoms with Gasteiger partial charge in [-0.25, -0.2) is 4.98 Å². The summed E-state index contributed by atoms with van der Waals surface area (Å²) in [6.45, 7) is 0. The van der Waals surface area contributed by atoms with Crippen molar-refractivity contribution < 1.29 is 9.90 Å². The van der Waals surface area contributed by atoms with E-state index in [-0.39, 0.29) is 16.3 Å². The summed E-state index contributed by atoms with van der Waals surface area (Å²) in [5.41, 5.74) is 6.00. The van der Waals surface area contributed by atoms with Gasteiger partial charge in [0.05, 0.1) is 6.33 Å². The van der Waals surface area contributed by atoms with Crippen molar-refractivity contribution in [1.82, 2.24) is 9.97 Å². The molecule has 0 saturated carbocycles. The summed E-state index contributed by atoms with van der Waals surface area (Å²) < 4.78 is 0. The third-order valence-electron chi connectivity index (χ3n) is 1.31. The standard InChI is InChI=1S/C6H9N3O2.H3P/c7-5(6(10)11)1-4-2-8-3-9-4;/h2-3,5H,1,7H2,(H,8,9)(H,10,11);1H3/t5-;/m0./s1. The molecule has 0 amide bonds. The Morgan fingerprint density at radius 3 is 2.92 bits per heavy atom. The molecular weight excluding hydrogens is 177 g/mol. The molecule has 1 aromatic rings. The molecule has 0 aliphatic carbocycles. The van der Waals surface area contributed by atoms with E-state index in [1.165, 1.54) is 6.33 Å². The second-order valence-electron chi connectivity index (χ2n) is 2.23. The van der Waals surface area contributed by atoms with Crippen LogP contribution in [0.4, 0.5) is 0 Å². The Hall–Kier alpha value is -0.930. The Morgan fingerprint density at radius 2 is 2.50 bits per heavy atom. The maximum atomic E-state index is 10.3. The van der Waals surface area contributed by atoms with Gasteiger partial charge in [-0.15, -0.1) is 0 Å². The van der Waals surface area contributed by atoms with E-state index in [1.54, 1.807) is 6.20 Å². The maximum absolute atomic E-state index is 10.3. The van der Waals surface area contributed by atoms with Crippen LogP contribution in [0.25, 0.3) is 0 Å². The highest BCUT2D eigenvalue weighted by atomic mass is 31.0.